The monoisotopic (exact) mass is 301 g/mol. The van der Waals surface area contributed by atoms with E-state index in [4.69, 9.17) is 5.11 Å². The summed E-state index contributed by atoms with van der Waals surface area (Å²) >= 11 is 0. The Labute approximate surface area is 124 Å². The van der Waals surface area contributed by atoms with Gasteiger partial charge >= 0.3 is 5.97 Å². The number of nitro groups is 1. The topological polar surface area (TPSA) is 125 Å². The molecule has 2 N–H and O–H groups in total. The van der Waals surface area contributed by atoms with Crippen LogP contribution in [0.1, 0.15) is 15.9 Å². The van der Waals surface area contributed by atoms with Gasteiger partial charge in [-0.25, -0.2) is 4.79 Å². The van der Waals surface area contributed by atoms with E-state index in [0.717, 1.165) is 6.07 Å². The number of phenolic OH excluding ortho intramolecular Hbond substituents is 1. The van der Waals surface area contributed by atoms with Gasteiger partial charge in [0.05, 0.1) is 10.5 Å². The Morgan fingerprint density at radius 2 is 1.82 bits per heavy atom. The molecule has 0 atom stereocenters. The molecule has 22 heavy (non-hydrogen) atoms. The number of aromatic hydroxyl groups is 1. The van der Waals surface area contributed by atoms with Crippen molar-refractivity contribution in [3.8, 4) is 5.75 Å². The van der Waals surface area contributed by atoms with Crippen molar-refractivity contribution in [2.75, 3.05) is 0 Å². The summed E-state index contributed by atoms with van der Waals surface area (Å²) in [4.78, 5) is 21.3. The molecule has 2 aromatic carbocycles. The van der Waals surface area contributed by atoms with Crippen LogP contribution in [0, 0.1) is 17.0 Å². The van der Waals surface area contributed by atoms with Crippen LogP contribution in [-0.2, 0) is 0 Å². The first-order valence-electron chi connectivity index (χ1n) is 6.12. The number of aromatic carboxylic acids is 1. The fourth-order valence-electron chi connectivity index (χ4n) is 1.79. The minimum atomic E-state index is -1.26. The largest absolute Gasteiger partial charge is 0.506 e. The van der Waals surface area contributed by atoms with E-state index in [1.807, 2.05) is 0 Å². The number of carboxylic acids is 1. The summed E-state index contributed by atoms with van der Waals surface area (Å²) in [6.07, 6.45) is 0. The number of nitro benzene ring substituents is 1. The van der Waals surface area contributed by atoms with E-state index in [9.17, 15) is 20.0 Å². The van der Waals surface area contributed by atoms with E-state index in [1.54, 1.807) is 12.1 Å². The van der Waals surface area contributed by atoms with Crippen LogP contribution >= 0.6 is 0 Å². The molecular formula is C14H11N3O5. The second kappa shape index (κ2) is 6.00. The number of aryl methyl sites for hydroxylation is 1. The van der Waals surface area contributed by atoms with Crippen LogP contribution in [0.3, 0.4) is 0 Å². The summed E-state index contributed by atoms with van der Waals surface area (Å²) in [5.41, 5.74) is -0.257. The Morgan fingerprint density at radius 3 is 2.41 bits per heavy atom. The van der Waals surface area contributed by atoms with E-state index in [1.165, 1.54) is 25.1 Å². The summed E-state index contributed by atoms with van der Waals surface area (Å²) in [5, 5.41) is 37.1. The van der Waals surface area contributed by atoms with Gasteiger partial charge in [0.15, 0.2) is 5.69 Å². The Hall–Kier alpha value is -3.29. The highest BCUT2D eigenvalue weighted by Gasteiger charge is 2.20. The maximum atomic E-state index is 11.0. The molecule has 0 fully saturated rings. The lowest BCUT2D eigenvalue weighted by Gasteiger charge is -2.03. The third-order valence-corrected chi connectivity index (χ3v) is 2.90. The van der Waals surface area contributed by atoms with Crippen LogP contribution in [0.15, 0.2) is 46.6 Å². The molecule has 0 saturated heterocycles. The third-order valence-electron chi connectivity index (χ3n) is 2.90. The molecule has 2 aromatic rings. The Bertz CT molecular complexity index is 786. The molecule has 0 aliphatic heterocycles. The third kappa shape index (κ3) is 3.06. The minimum Gasteiger partial charge on any atom is -0.506 e. The average Bonchev–Trinajstić information content (AvgIpc) is 2.45. The molecule has 0 radical (unpaired) electrons. The van der Waals surface area contributed by atoms with E-state index in [2.05, 4.69) is 10.2 Å². The number of para-hydroxylation sites is 1. The van der Waals surface area contributed by atoms with Crippen LogP contribution in [0.4, 0.5) is 17.1 Å². The zero-order valence-corrected chi connectivity index (χ0v) is 11.4. The second-order valence-electron chi connectivity index (χ2n) is 4.41. The summed E-state index contributed by atoms with van der Waals surface area (Å²) < 4.78 is 0. The number of nitrogens with zero attached hydrogens (tertiary/aromatic N) is 3. The molecule has 0 bridgehead atoms. The van der Waals surface area contributed by atoms with Gasteiger partial charge in [0, 0.05) is 6.07 Å². The van der Waals surface area contributed by atoms with Gasteiger partial charge in [-0.05, 0) is 30.7 Å². The number of rotatable bonds is 4. The van der Waals surface area contributed by atoms with E-state index in [0.29, 0.717) is 5.56 Å². The lowest BCUT2D eigenvalue weighted by Crippen LogP contribution is -2.01. The molecule has 0 aromatic heterocycles. The SMILES string of the molecule is Cc1cc(/N=N/c2ccccc2O)c([N+](=O)[O-])cc1C(=O)O. The van der Waals surface area contributed by atoms with Crippen molar-refractivity contribution < 1.29 is 19.9 Å². The Kier molecular flexibility index (Phi) is 4.12. The molecular weight excluding hydrogens is 290 g/mol. The molecule has 8 heteroatoms. The van der Waals surface area contributed by atoms with E-state index >= 15 is 0 Å². The van der Waals surface area contributed by atoms with Gasteiger partial charge < -0.3 is 10.2 Å². The fourth-order valence-corrected chi connectivity index (χ4v) is 1.79. The summed E-state index contributed by atoms with van der Waals surface area (Å²) in [6.45, 7) is 1.51. The van der Waals surface area contributed by atoms with Crippen molar-refractivity contribution in [2.45, 2.75) is 6.92 Å². The maximum absolute atomic E-state index is 11.0. The zero-order valence-electron chi connectivity index (χ0n) is 11.4. The fraction of sp³-hybridized carbons (Fsp3) is 0.0714. The number of hydrogen-bond donors (Lipinski definition) is 2. The standard InChI is InChI=1S/C14H11N3O5/c1-8-6-11(12(17(21)22)7-9(8)14(19)20)16-15-10-4-2-3-5-13(10)18/h2-7,18H,1H3,(H,19,20)/b16-15+. The molecule has 0 aliphatic rings. The Balaban J connectivity index is 2.51. The molecule has 0 amide bonds. The number of azo groups is 1. The molecule has 0 unspecified atom stereocenters. The van der Waals surface area contributed by atoms with Crippen molar-refractivity contribution in [1.29, 1.82) is 0 Å². The van der Waals surface area contributed by atoms with Gasteiger partial charge in [-0.1, -0.05) is 12.1 Å². The van der Waals surface area contributed by atoms with E-state index < -0.39 is 16.6 Å². The highest BCUT2D eigenvalue weighted by molar-refractivity contribution is 5.91. The second-order valence-corrected chi connectivity index (χ2v) is 4.41. The van der Waals surface area contributed by atoms with Gasteiger partial charge in [-0.15, -0.1) is 10.2 Å². The van der Waals surface area contributed by atoms with Gasteiger partial charge in [0.1, 0.15) is 11.4 Å². The predicted octanol–water partition coefficient (Wildman–Crippen LogP) is 3.72. The first-order valence-corrected chi connectivity index (χ1v) is 6.12. The van der Waals surface area contributed by atoms with Crippen LogP contribution in [0.2, 0.25) is 0 Å². The summed E-state index contributed by atoms with van der Waals surface area (Å²) in [6, 6.07) is 8.33. The normalized spacial score (nSPS) is 10.8. The van der Waals surface area contributed by atoms with Crippen molar-refractivity contribution in [3.05, 3.63) is 57.6 Å². The quantitative estimate of drug-likeness (QED) is 0.505. The number of hydrogen-bond acceptors (Lipinski definition) is 6. The van der Waals surface area contributed by atoms with E-state index in [-0.39, 0.29) is 22.7 Å². The predicted molar refractivity (Wildman–Crippen MR) is 77.1 cm³/mol. The molecule has 0 aliphatic carbocycles. The first-order chi connectivity index (χ1) is 10.4. The average molecular weight is 301 g/mol. The van der Waals surface area contributed by atoms with Crippen LogP contribution in [0.25, 0.3) is 0 Å². The van der Waals surface area contributed by atoms with Gasteiger partial charge in [-0.3, -0.25) is 10.1 Å². The maximum Gasteiger partial charge on any atom is 0.336 e. The molecule has 112 valence electrons. The Morgan fingerprint density at radius 1 is 1.18 bits per heavy atom. The van der Waals surface area contributed by atoms with Crippen molar-refractivity contribution in [1.82, 2.24) is 0 Å². The highest BCUT2D eigenvalue weighted by atomic mass is 16.6. The molecule has 8 nitrogen and oxygen atoms in total. The lowest BCUT2D eigenvalue weighted by atomic mass is 10.1. The molecule has 0 heterocycles. The van der Waals surface area contributed by atoms with Crippen molar-refractivity contribution in [2.24, 2.45) is 10.2 Å². The van der Waals surface area contributed by atoms with Crippen molar-refractivity contribution in [3.63, 3.8) is 0 Å². The minimum absolute atomic E-state index is 0.0873. The number of carbonyl (C=O) groups is 1. The molecule has 0 spiro atoms. The summed E-state index contributed by atoms with van der Waals surface area (Å²) in [5.74, 6) is -1.38. The van der Waals surface area contributed by atoms with Crippen LogP contribution in [-0.4, -0.2) is 21.1 Å². The first kappa shape index (κ1) is 15.1. The summed E-state index contributed by atoms with van der Waals surface area (Å²) in [7, 11) is 0. The van der Waals surface area contributed by atoms with Gasteiger partial charge in [-0.2, -0.15) is 0 Å². The van der Waals surface area contributed by atoms with Crippen molar-refractivity contribution >= 4 is 23.0 Å². The molecule has 0 saturated carbocycles. The molecule has 2 rings (SSSR count). The number of carboxylic acid groups (broad SMARTS) is 1. The number of benzene rings is 2. The number of phenols is 1. The highest BCUT2D eigenvalue weighted by Crippen LogP contribution is 2.33. The van der Waals surface area contributed by atoms with Gasteiger partial charge in [0.25, 0.3) is 5.69 Å². The zero-order chi connectivity index (χ0) is 16.3. The van der Waals surface area contributed by atoms with Gasteiger partial charge in [0.2, 0.25) is 0 Å². The van der Waals surface area contributed by atoms with Crippen LogP contribution < -0.4 is 0 Å². The van der Waals surface area contributed by atoms with Crippen LogP contribution in [0.5, 0.6) is 5.75 Å². The lowest BCUT2D eigenvalue weighted by molar-refractivity contribution is -0.384. The smallest absolute Gasteiger partial charge is 0.336 e.